The number of carbonyl (C=O) groups is 1. The largest absolute Gasteiger partial charge is 0.394 e. The van der Waals surface area contributed by atoms with E-state index in [1.807, 2.05) is 6.92 Å². The van der Waals surface area contributed by atoms with Crippen LogP contribution in [0.25, 0.3) is 0 Å². The number of benzene rings is 1. The number of carbonyl (C=O) groups excluding carboxylic acids is 1. The van der Waals surface area contributed by atoms with Gasteiger partial charge in [-0.1, -0.05) is 19.1 Å². The zero-order chi connectivity index (χ0) is 12.0. The number of hydrogen-bond acceptors (Lipinski definition) is 3. The molecule has 0 aliphatic heterocycles. The summed E-state index contributed by atoms with van der Waals surface area (Å²) < 4.78 is 0. The third kappa shape index (κ3) is 3.32. The summed E-state index contributed by atoms with van der Waals surface area (Å²) in [5.74, 6) is -0.203. The van der Waals surface area contributed by atoms with Crippen molar-refractivity contribution in [3.8, 4) is 0 Å². The molecule has 0 fully saturated rings. The Kier molecular flexibility index (Phi) is 4.95. The van der Waals surface area contributed by atoms with Crippen molar-refractivity contribution in [1.82, 2.24) is 5.32 Å². The fourth-order valence-corrected chi connectivity index (χ4v) is 1.31. The van der Waals surface area contributed by atoms with Crippen molar-refractivity contribution < 1.29 is 15.0 Å². The Labute approximate surface area is 94.9 Å². The average Bonchev–Trinajstić information content (AvgIpc) is 2.35. The first kappa shape index (κ1) is 12.7. The van der Waals surface area contributed by atoms with Crippen LogP contribution >= 0.6 is 0 Å². The van der Waals surface area contributed by atoms with Gasteiger partial charge in [-0.05, 0) is 24.1 Å². The summed E-state index contributed by atoms with van der Waals surface area (Å²) in [5.41, 5.74) is 1.30. The minimum atomic E-state index is -0.204. The molecule has 1 aromatic carbocycles. The fourth-order valence-electron chi connectivity index (χ4n) is 1.31. The highest BCUT2D eigenvalue weighted by Crippen LogP contribution is 2.05. The molecule has 0 spiro atoms. The van der Waals surface area contributed by atoms with Gasteiger partial charge in [-0.3, -0.25) is 4.79 Å². The monoisotopic (exact) mass is 223 g/mol. The molecule has 0 aliphatic rings. The highest BCUT2D eigenvalue weighted by molar-refractivity contribution is 5.94. The van der Waals surface area contributed by atoms with Gasteiger partial charge < -0.3 is 15.5 Å². The van der Waals surface area contributed by atoms with Crippen LogP contribution in [0, 0.1) is 0 Å². The molecular formula is C12H17NO3. The van der Waals surface area contributed by atoms with Crippen molar-refractivity contribution in [2.45, 2.75) is 26.0 Å². The number of nitrogens with one attached hydrogen (secondary N) is 1. The van der Waals surface area contributed by atoms with E-state index in [-0.39, 0.29) is 25.2 Å². The normalized spacial score (nSPS) is 12.2. The van der Waals surface area contributed by atoms with Gasteiger partial charge in [-0.2, -0.15) is 0 Å². The van der Waals surface area contributed by atoms with Gasteiger partial charge in [0.25, 0.3) is 5.91 Å². The van der Waals surface area contributed by atoms with Gasteiger partial charge in [-0.15, -0.1) is 0 Å². The lowest BCUT2D eigenvalue weighted by molar-refractivity contribution is 0.0915. The van der Waals surface area contributed by atoms with E-state index in [1.165, 1.54) is 0 Å². The highest BCUT2D eigenvalue weighted by Gasteiger charge is 2.10. The van der Waals surface area contributed by atoms with Gasteiger partial charge in [0.05, 0.1) is 19.3 Å². The van der Waals surface area contributed by atoms with Crippen molar-refractivity contribution in [3.63, 3.8) is 0 Å². The van der Waals surface area contributed by atoms with Crippen LogP contribution in [0.1, 0.15) is 29.3 Å². The Morgan fingerprint density at radius 3 is 2.38 bits per heavy atom. The van der Waals surface area contributed by atoms with Crippen molar-refractivity contribution in [3.05, 3.63) is 35.4 Å². The Balaban J connectivity index is 2.65. The number of rotatable bonds is 5. The molecule has 4 nitrogen and oxygen atoms in total. The maximum absolute atomic E-state index is 11.7. The first-order valence-electron chi connectivity index (χ1n) is 5.32. The average molecular weight is 223 g/mol. The maximum atomic E-state index is 11.7. The quantitative estimate of drug-likeness (QED) is 0.687. The minimum Gasteiger partial charge on any atom is -0.394 e. The van der Waals surface area contributed by atoms with Gasteiger partial charge in [0.2, 0.25) is 0 Å². The molecule has 1 unspecified atom stereocenters. The van der Waals surface area contributed by atoms with Crippen LogP contribution in [0.3, 0.4) is 0 Å². The van der Waals surface area contributed by atoms with Crippen molar-refractivity contribution >= 4 is 5.91 Å². The molecule has 1 aromatic rings. The van der Waals surface area contributed by atoms with Gasteiger partial charge in [0.1, 0.15) is 0 Å². The van der Waals surface area contributed by atoms with Gasteiger partial charge in [-0.25, -0.2) is 0 Å². The molecule has 0 aromatic heterocycles. The Morgan fingerprint density at radius 1 is 1.31 bits per heavy atom. The predicted molar refractivity (Wildman–Crippen MR) is 61.0 cm³/mol. The summed E-state index contributed by atoms with van der Waals surface area (Å²) in [6.07, 6.45) is 0.691. The zero-order valence-electron chi connectivity index (χ0n) is 9.31. The molecule has 1 amide bonds. The summed E-state index contributed by atoms with van der Waals surface area (Å²) in [6, 6.07) is 6.52. The highest BCUT2D eigenvalue weighted by atomic mass is 16.3. The summed E-state index contributed by atoms with van der Waals surface area (Å²) in [7, 11) is 0. The lowest BCUT2D eigenvalue weighted by Gasteiger charge is -2.13. The topological polar surface area (TPSA) is 69.6 Å². The molecule has 16 heavy (non-hydrogen) atoms. The van der Waals surface area contributed by atoms with E-state index in [1.54, 1.807) is 24.3 Å². The Morgan fingerprint density at radius 2 is 1.94 bits per heavy atom. The fraction of sp³-hybridized carbons (Fsp3) is 0.417. The van der Waals surface area contributed by atoms with E-state index in [0.29, 0.717) is 12.0 Å². The van der Waals surface area contributed by atoms with Crippen LogP contribution in [-0.4, -0.2) is 28.8 Å². The lowest BCUT2D eigenvalue weighted by Crippen LogP contribution is -2.36. The van der Waals surface area contributed by atoms with E-state index in [9.17, 15) is 4.79 Å². The van der Waals surface area contributed by atoms with E-state index < -0.39 is 0 Å². The van der Waals surface area contributed by atoms with Crippen LogP contribution in [0.4, 0.5) is 0 Å². The van der Waals surface area contributed by atoms with Crippen LogP contribution in [0.5, 0.6) is 0 Å². The van der Waals surface area contributed by atoms with Crippen LogP contribution < -0.4 is 5.32 Å². The zero-order valence-corrected chi connectivity index (χ0v) is 9.31. The third-order valence-corrected chi connectivity index (χ3v) is 2.45. The summed E-state index contributed by atoms with van der Waals surface area (Å²) in [5, 5.41) is 20.5. The molecular weight excluding hydrogens is 206 g/mol. The second kappa shape index (κ2) is 6.25. The predicted octanol–water partition coefficient (Wildman–Crippen LogP) is 0.680. The van der Waals surface area contributed by atoms with Gasteiger partial charge >= 0.3 is 0 Å². The van der Waals surface area contributed by atoms with Crippen LogP contribution in [0.15, 0.2) is 24.3 Å². The minimum absolute atomic E-state index is 0.0316. The first-order chi connectivity index (χ1) is 7.71. The van der Waals surface area contributed by atoms with Crippen molar-refractivity contribution in [1.29, 1.82) is 0 Å². The number of aliphatic hydroxyl groups excluding tert-OH is 2. The second-order valence-electron chi connectivity index (χ2n) is 3.62. The molecule has 1 rings (SSSR count). The molecule has 1 atom stereocenters. The van der Waals surface area contributed by atoms with Crippen LogP contribution in [-0.2, 0) is 6.61 Å². The van der Waals surface area contributed by atoms with Gasteiger partial charge in [0, 0.05) is 5.56 Å². The molecule has 0 saturated heterocycles. The summed E-state index contributed by atoms with van der Waals surface area (Å²) in [6.45, 7) is 1.81. The maximum Gasteiger partial charge on any atom is 0.251 e. The molecule has 0 saturated carbocycles. The number of hydrogen-bond donors (Lipinski definition) is 3. The Hall–Kier alpha value is -1.39. The van der Waals surface area contributed by atoms with Crippen molar-refractivity contribution in [2.75, 3.05) is 6.61 Å². The van der Waals surface area contributed by atoms with Gasteiger partial charge in [0.15, 0.2) is 0 Å². The smallest absolute Gasteiger partial charge is 0.251 e. The van der Waals surface area contributed by atoms with Crippen molar-refractivity contribution in [2.24, 2.45) is 0 Å². The van der Waals surface area contributed by atoms with E-state index >= 15 is 0 Å². The van der Waals surface area contributed by atoms with E-state index in [0.717, 1.165) is 5.56 Å². The second-order valence-corrected chi connectivity index (χ2v) is 3.62. The first-order valence-corrected chi connectivity index (χ1v) is 5.32. The molecule has 3 N–H and O–H groups in total. The molecule has 88 valence electrons. The number of aliphatic hydroxyl groups is 2. The lowest BCUT2D eigenvalue weighted by atomic mass is 10.1. The SMILES string of the molecule is CCC(CO)NC(=O)c1ccc(CO)cc1. The van der Waals surface area contributed by atoms with E-state index in [4.69, 9.17) is 10.2 Å². The third-order valence-electron chi connectivity index (χ3n) is 2.45. The number of amides is 1. The summed E-state index contributed by atoms with van der Waals surface area (Å²) in [4.78, 5) is 11.7. The molecule has 0 radical (unpaired) electrons. The molecule has 0 heterocycles. The molecule has 4 heteroatoms. The molecule has 0 bridgehead atoms. The van der Waals surface area contributed by atoms with E-state index in [2.05, 4.69) is 5.32 Å². The van der Waals surface area contributed by atoms with Crippen LogP contribution in [0.2, 0.25) is 0 Å². The summed E-state index contributed by atoms with van der Waals surface area (Å²) >= 11 is 0. The standard InChI is InChI=1S/C12H17NO3/c1-2-11(8-15)13-12(16)10-5-3-9(7-14)4-6-10/h3-6,11,14-15H,2,7-8H2,1H3,(H,13,16). The molecule has 0 aliphatic carbocycles. The Bertz CT molecular complexity index is 331.